The van der Waals surface area contributed by atoms with Crippen LogP contribution < -0.4 is 10.5 Å². The van der Waals surface area contributed by atoms with E-state index in [-0.39, 0.29) is 11.4 Å². The van der Waals surface area contributed by atoms with Crippen LogP contribution in [0.5, 0.6) is 5.75 Å². The van der Waals surface area contributed by atoms with Crippen molar-refractivity contribution in [3.05, 3.63) is 92.9 Å². The molecule has 30 heavy (non-hydrogen) atoms. The first-order valence-corrected chi connectivity index (χ1v) is 9.96. The summed E-state index contributed by atoms with van der Waals surface area (Å²) in [6.45, 7) is 0. The molecule has 0 saturated heterocycles. The third-order valence-electron chi connectivity index (χ3n) is 5.02. The summed E-state index contributed by atoms with van der Waals surface area (Å²) in [7, 11) is 0. The zero-order chi connectivity index (χ0) is 20.8. The van der Waals surface area contributed by atoms with Crippen molar-refractivity contribution in [1.29, 1.82) is 0 Å². The van der Waals surface area contributed by atoms with Crippen LogP contribution in [0.15, 0.2) is 77.3 Å². The first-order valence-electron chi connectivity index (χ1n) is 9.16. The van der Waals surface area contributed by atoms with Gasteiger partial charge in [-0.15, -0.1) is 0 Å². The highest BCUT2D eigenvalue weighted by Crippen LogP contribution is 2.43. The maximum absolute atomic E-state index is 11.3. The summed E-state index contributed by atoms with van der Waals surface area (Å²) >= 11 is 3.50. The van der Waals surface area contributed by atoms with Crippen molar-refractivity contribution in [3.8, 4) is 28.3 Å². The zero-order valence-corrected chi connectivity index (χ0v) is 17.1. The van der Waals surface area contributed by atoms with Crippen molar-refractivity contribution in [1.82, 2.24) is 9.78 Å². The van der Waals surface area contributed by atoms with E-state index in [4.69, 9.17) is 15.6 Å². The number of nitro groups is 1. The Bertz CT molecular complexity index is 1290. The average molecular weight is 463 g/mol. The summed E-state index contributed by atoms with van der Waals surface area (Å²) < 4.78 is 9.02. The quantitative estimate of drug-likeness (QED) is 0.249. The van der Waals surface area contributed by atoms with Gasteiger partial charge in [-0.3, -0.25) is 10.1 Å². The second-order valence-electron chi connectivity index (χ2n) is 6.91. The molecule has 0 aliphatic carbocycles. The van der Waals surface area contributed by atoms with E-state index in [0.29, 0.717) is 11.3 Å². The number of nitrogens with zero attached hydrogens (tertiary/aromatic N) is 3. The van der Waals surface area contributed by atoms with Crippen molar-refractivity contribution < 1.29 is 9.66 Å². The molecule has 2 heterocycles. The fraction of sp³-hybridized carbons (Fsp3) is 0.0455. The van der Waals surface area contributed by atoms with Crippen molar-refractivity contribution in [2.45, 2.75) is 6.23 Å². The van der Waals surface area contributed by atoms with Crippen molar-refractivity contribution in [3.63, 3.8) is 0 Å². The van der Waals surface area contributed by atoms with Crippen LogP contribution in [0.4, 0.5) is 11.4 Å². The third-order valence-corrected chi connectivity index (χ3v) is 5.52. The van der Waals surface area contributed by atoms with Gasteiger partial charge in [-0.1, -0.05) is 52.3 Å². The lowest BCUT2D eigenvalue weighted by molar-refractivity contribution is -0.383. The van der Waals surface area contributed by atoms with Gasteiger partial charge in [-0.2, -0.15) is 5.10 Å². The molecule has 0 amide bonds. The molecular weight excluding hydrogens is 448 g/mol. The van der Waals surface area contributed by atoms with Crippen molar-refractivity contribution >= 4 is 27.3 Å². The molecule has 1 unspecified atom stereocenters. The molecule has 4 aromatic rings. The van der Waals surface area contributed by atoms with Gasteiger partial charge in [0.15, 0.2) is 0 Å². The second-order valence-corrected chi connectivity index (χ2v) is 7.83. The van der Waals surface area contributed by atoms with E-state index in [1.165, 1.54) is 12.1 Å². The largest absolute Gasteiger partial charge is 0.464 e. The van der Waals surface area contributed by atoms with Gasteiger partial charge in [0, 0.05) is 27.2 Å². The molecule has 1 aliphatic rings. The molecule has 148 valence electrons. The molecule has 5 rings (SSSR count). The maximum Gasteiger partial charge on any atom is 0.292 e. The molecule has 7 nitrogen and oxygen atoms in total. The normalized spacial score (nSPS) is 14.5. The van der Waals surface area contributed by atoms with Crippen molar-refractivity contribution in [2.75, 3.05) is 5.73 Å². The Hall–Kier alpha value is -3.65. The Morgan fingerprint density at radius 1 is 1.07 bits per heavy atom. The lowest BCUT2D eigenvalue weighted by Gasteiger charge is -2.28. The number of nitro benzene ring substituents is 1. The molecule has 0 bridgehead atoms. The van der Waals surface area contributed by atoms with Gasteiger partial charge in [-0.25, -0.2) is 4.68 Å². The molecule has 3 aromatic carbocycles. The minimum Gasteiger partial charge on any atom is -0.464 e. The lowest BCUT2D eigenvalue weighted by atomic mass is 10.1. The first-order chi connectivity index (χ1) is 14.5. The number of hydrogen-bond acceptors (Lipinski definition) is 5. The van der Waals surface area contributed by atoms with Crippen molar-refractivity contribution in [2.24, 2.45) is 0 Å². The first kappa shape index (κ1) is 18.4. The summed E-state index contributed by atoms with van der Waals surface area (Å²) in [6, 6.07) is 22.3. The molecule has 1 atom stereocenters. The summed E-state index contributed by atoms with van der Waals surface area (Å²) in [5.41, 5.74) is 9.66. The Balaban J connectivity index is 1.70. The number of benzene rings is 3. The molecule has 0 spiro atoms. The lowest BCUT2D eigenvalue weighted by Crippen LogP contribution is -2.23. The van der Waals surface area contributed by atoms with Crippen LogP contribution in [0.3, 0.4) is 0 Å². The molecular formula is C22H15BrN4O3. The molecule has 8 heteroatoms. The maximum atomic E-state index is 11.3. The highest BCUT2D eigenvalue weighted by Gasteiger charge is 2.29. The number of rotatable bonds is 3. The summed E-state index contributed by atoms with van der Waals surface area (Å²) in [5.74, 6) is 0.737. The molecule has 0 radical (unpaired) electrons. The number of anilines is 1. The SMILES string of the molecule is Nc1ccc(-c2cc3n(n2)C(c2ccccc2)Oc2cc(Br)ccc2-3)cc1[N+](=O)[O-]. The molecule has 0 saturated carbocycles. The number of aromatic nitrogens is 2. The van der Waals surface area contributed by atoms with Crippen LogP contribution in [0, 0.1) is 10.1 Å². The van der Waals surface area contributed by atoms with Crippen LogP contribution in [0.2, 0.25) is 0 Å². The summed E-state index contributed by atoms with van der Waals surface area (Å²) in [4.78, 5) is 10.8. The van der Waals surface area contributed by atoms with Crippen LogP contribution in [-0.4, -0.2) is 14.7 Å². The monoisotopic (exact) mass is 462 g/mol. The fourth-order valence-electron chi connectivity index (χ4n) is 3.58. The minimum absolute atomic E-state index is 0.119. The molecule has 1 aliphatic heterocycles. The van der Waals surface area contributed by atoms with Gasteiger partial charge in [0.25, 0.3) is 5.69 Å². The van der Waals surface area contributed by atoms with E-state index in [2.05, 4.69) is 15.9 Å². The second kappa shape index (κ2) is 7.00. The number of halogens is 1. The van der Waals surface area contributed by atoms with E-state index >= 15 is 0 Å². The highest BCUT2D eigenvalue weighted by molar-refractivity contribution is 9.10. The number of hydrogen-bond donors (Lipinski definition) is 1. The topological polar surface area (TPSA) is 96.2 Å². The highest BCUT2D eigenvalue weighted by atomic mass is 79.9. The van der Waals surface area contributed by atoms with Crippen LogP contribution in [0.25, 0.3) is 22.5 Å². The Labute approximate surface area is 180 Å². The molecule has 0 fully saturated rings. The van der Waals surface area contributed by atoms with Crippen LogP contribution in [-0.2, 0) is 0 Å². The van der Waals surface area contributed by atoms with E-state index in [1.54, 1.807) is 6.07 Å². The number of ether oxygens (including phenoxy) is 1. The Kier molecular flexibility index (Phi) is 4.29. The minimum atomic E-state index is -0.489. The fourth-order valence-corrected chi connectivity index (χ4v) is 3.92. The number of fused-ring (bicyclic) bond motifs is 3. The smallest absolute Gasteiger partial charge is 0.292 e. The summed E-state index contributed by atoms with van der Waals surface area (Å²) in [5, 5.41) is 16.1. The zero-order valence-electron chi connectivity index (χ0n) is 15.5. The van der Waals surface area contributed by atoms with Gasteiger partial charge in [0.05, 0.1) is 16.3 Å². The Morgan fingerprint density at radius 2 is 1.87 bits per heavy atom. The number of nitrogens with two attached hydrogens (primary N) is 1. The summed E-state index contributed by atoms with van der Waals surface area (Å²) in [6.07, 6.45) is -0.458. The average Bonchev–Trinajstić information content (AvgIpc) is 3.19. The van der Waals surface area contributed by atoms with Gasteiger partial charge in [-0.05, 0) is 30.3 Å². The van der Waals surface area contributed by atoms with E-state index in [9.17, 15) is 10.1 Å². The van der Waals surface area contributed by atoms with Gasteiger partial charge in [0.2, 0.25) is 6.23 Å². The van der Waals surface area contributed by atoms with Crippen LogP contribution in [0.1, 0.15) is 11.8 Å². The number of nitrogen functional groups attached to an aromatic ring is 1. The van der Waals surface area contributed by atoms with Gasteiger partial charge < -0.3 is 10.5 Å². The molecule has 1 aromatic heterocycles. The third kappa shape index (κ3) is 3.02. The Morgan fingerprint density at radius 3 is 2.63 bits per heavy atom. The van der Waals surface area contributed by atoms with Gasteiger partial charge in [0.1, 0.15) is 11.4 Å². The van der Waals surface area contributed by atoms with Crippen LogP contribution >= 0.6 is 15.9 Å². The van der Waals surface area contributed by atoms with E-state index in [0.717, 1.165) is 27.0 Å². The predicted molar refractivity (Wildman–Crippen MR) is 117 cm³/mol. The van der Waals surface area contributed by atoms with Gasteiger partial charge >= 0.3 is 0 Å². The van der Waals surface area contributed by atoms with E-state index in [1.807, 2.05) is 59.3 Å². The van der Waals surface area contributed by atoms with E-state index < -0.39 is 11.2 Å². The molecule has 2 N–H and O–H groups in total. The standard InChI is InChI=1S/C22H15BrN4O3/c23-15-7-8-16-19-12-18(14-6-9-17(24)20(10-14)27(28)29)25-26(19)22(30-21(16)11-15)13-4-2-1-3-5-13/h1-12,22H,24H2. The predicted octanol–water partition coefficient (Wildman–Crippen LogP) is 5.41.